The number of hydrogen-bond acceptors (Lipinski definition) is 3. The fourth-order valence-corrected chi connectivity index (χ4v) is 9.86. The number of ether oxygens (including phenoxy) is 1. The van der Waals surface area contributed by atoms with Gasteiger partial charge in [-0.25, -0.2) is 0 Å². The molecule has 182 valence electrons. The summed E-state index contributed by atoms with van der Waals surface area (Å²) < 4.78 is 5.84. The highest BCUT2D eigenvalue weighted by atomic mass is 16.5. The topological polar surface area (TPSA) is 43.4 Å². The van der Waals surface area contributed by atoms with Crippen molar-refractivity contribution >= 4 is 12.3 Å². The highest BCUT2D eigenvalue weighted by molar-refractivity contribution is 5.66. The standard InChI is InChI=1S/C29H48O3/c1-7-8-9-23(20(2)13-17-30)27(6)15-16-28-19-29(28)14-12-25(32-21(3)31)26(4,5)24(29)11-10-22(28)18-27/h17,20,22-25H,7-16,18-19H2,1-6H3/t20-,22?,23-,24?,25+,27+,28+,29-/m1/s1. The van der Waals surface area contributed by atoms with Crippen LogP contribution in [0.2, 0.25) is 0 Å². The van der Waals surface area contributed by atoms with Crippen LogP contribution >= 0.6 is 0 Å². The minimum absolute atomic E-state index is 0.0845. The lowest BCUT2D eigenvalue weighted by Gasteiger charge is -2.58. The maximum Gasteiger partial charge on any atom is 0.302 e. The molecule has 0 aromatic carbocycles. The summed E-state index contributed by atoms with van der Waals surface area (Å²) in [7, 11) is 0. The monoisotopic (exact) mass is 444 g/mol. The van der Waals surface area contributed by atoms with Crippen LogP contribution in [0.5, 0.6) is 0 Å². The SMILES string of the molecule is CCCC[C@H]([C@H](C)CC=O)[C@@]1(C)CC[C@@]23C[C@@]24CC[C@H](OC(C)=O)C(C)(C)C4CCC3C1. The van der Waals surface area contributed by atoms with Gasteiger partial charge in [0.05, 0.1) is 0 Å². The molecule has 32 heavy (non-hydrogen) atoms. The molecule has 0 aromatic rings. The summed E-state index contributed by atoms with van der Waals surface area (Å²) in [5.41, 5.74) is 1.53. The fraction of sp³-hybridized carbons (Fsp3) is 0.931. The molecule has 0 aliphatic heterocycles. The van der Waals surface area contributed by atoms with Crippen LogP contribution in [0.1, 0.15) is 119 Å². The van der Waals surface area contributed by atoms with Gasteiger partial charge in [-0.1, -0.05) is 47.5 Å². The predicted octanol–water partition coefficient (Wildman–Crippen LogP) is 7.36. The molecule has 0 aromatic heterocycles. The summed E-state index contributed by atoms with van der Waals surface area (Å²) >= 11 is 0. The lowest BCUT2D eigenvalue weighted by Crippen LogP contribution is -2.53. The molecule has 2 spiro atoms. The van der Waals surface area contributed by atoms with Crippen LogP contribution in [0, 0.1) is 45.3 Å². The van der Waals surface area contributed by atoms with E-state index in [9.17, 15) is 9.59 Å². The van der Waals surface area contributed by atoms with Crippen molar-refractivity contribution in [2.75, 3.05) is 0 Å². The summed E-state index contributed by atoms with van der Waals surface area (Å²) in [5.74, 6) is 2.60. The van der Waals surface area contributed by atoms with Gasteiger partial charge in [0.1, 0.15) is 12.4 Å². The third-order valence-electron chi connectivity index (χ3n) is 11.4. The minimum Gasteiger partial charge on any atom is -0.462 e. The van der Waals surface area contributed by atoms with E-state index < -0.39 is 0 Å². The number of carbonyl (C=O) groups is 2. The normalized spacial score (nSPS) is 43.8. The van der Waals surface area contributed by atoms with E-state index in [1.165, 1.54) is 64.2 Å². The zero-order valence-electron chi connectivity index (χ0n) is 21.7. The van der Waals surface area contributed by atoms with Crippen molar-refractivity contribution in [1.82, 2.24) is 0 Å². The van der Waals surface area contributed by atoms with Gasteiger partial charge < -0.3 is 9.53 Å². The number of hydrogen-bond donors (Lipinski definition) is 0. The smallest absolute Gasteiger partial charge is 0.302 e. The number of esters is 1. The number of carbonyl (C=O) groups excluding carboxylic acids is 2. The van der Waals surface area contributed by atoms with Crippen molar-refractivity contribution in [2.24, 2.45) is 45.3 Å². The average Bonchev–Trinajstić information content (AvgIpc) is 3.38. The first-order chi connectivity index (χ1) is 15.1. The maximum atomic E-state index is 11.7. The van der Waals surface area contributed by atoms with Crippen molar-refractivity contribution < 1.29 is 14.3 Å². The van der Waals surface area contributed by atoms with E-state index in [-0.39, 0.29) is 17.5 Å². The van der Waals surface area contributed by atoms with E-state index in [0.29, 0.717) is 34.0 Å². The Morgan fingerprint density at radius 2 is 1.84 bits per heavy atom. The Morgan fingerprint density at radius 1 is 1.09 bits per heavy atom. The summed E-state index contributed by atoms with van der Waals surface area (Å²) in [6.45, 7) is 13.5. The Kier molecular flexibility index (Phi) is 6.38. The molecule has 4 saturated carbocycles. The number of rotatable bonds is 8. The van der Waals surface area contributed by atoms with Crippen LogP contribution in [-0.4, -0.2) is 18.4 Å². The van der Waals surface area contributed by atoms with Gasteiger partial charge in [0, 0.05) is 18.8 Å². The van der Waals surface area contributed by atoms with E-state index in [1.807, 2.05) is 0 Å². The molecule has 8 atom stereocenters. The molecular weight excluding hydrogens is 396 g/mol. The first-order valence-electron chi connectivity index (χ1n) is 13.7. The Hall–Kier alpha value is -0.860. The average molecular weight is 445 g/mol. The van der Waals surface area contributed by atoms with Crippen LogP contribution in [0.15, 0.2) is 0 Å². The predicted molar refractivity (Wildman–Crippen MR) is 129 cm³/mol. The van der Waals surface area contributed by atoms with Gasteiger partial charge in [-0.15, -0.1) is 0 Å². The van der Waals surface area contributed by atoms with Gasteiger partial charge in [0.2, 0.25) is 0 Å². The minimum atomic E-state index is -0.116. The van der Waals surface area contributed by atoms with Crippen molar-refractivity contribution in [3.63, 3.8) is 0 Å². The van der Waals surface area contributed by atoms with Crippen molar-refractivity contribution in [3.05, 3.63) is 0 Å². The molecule has 2 unspecified atom stereocenters. The molecule has 0 saturated heterocycles. The summed E-state index contributed by atoms with van der Waals surface area (Å²) in [5, 5.41) is 0. The molecule has 3 heteroatoms. The van der Waals surface area contributed by atoms with Crippen LogP contribution in [0.3, 0.4) is 0 Å². The lowest BCUT2D eigenvalue weighted by atomic mass is 9.47. The van der Waals surface area contributed by atoms with E-state index in [1.54, 1.807) is 6.92 Å². The summed E-state index contributed by atoms with van der Waals surface area (Å²) in [6, 6.07) is 0. The Balaban J connectivity index is 1.54. The molecule has 3 nitrogen and oxygen atoms in total. The van der Waals surface area contributed by atoms with Crippen LogP contribution in [0.25, 0.3) is 0 Å². The zero-order valence-corrected chi connectivity index (χ0v) is 21.7. The Labute approximate surface area is 196 Å². The second kappa shape index (κ2) is 8.42. The third kappa shape index (κ3) is 3.59. The van der Waals surface area contributed by atoms with Crippen LogP contribution in [0.4, 0.5) is 0 Å². The lowest BCUT2D eigenvalue weighted by molar-refractivity contribution is -0.171. The third-order valence-corrected chi connectivity index (χ3v) is 11.4. The van der Waals surface area contributed by atoms with E-state index in [4.69, 9.17) is 4.74 Å². The molecule has 0 amide bonds. The maximum absolute atomic E-state index is 11.7. The van der Waals surface area contributed by atoms with Gasteiger partial charge in [0.25, 0.3) is 0 Å². The first-order valence-corrected chi connectivity index (χ1v) is 13.7. The molecule has 4 aliphatic rings. The van der Waals surface area contributed by atoms with E-state index in [2.05, 4.69) is 34.6 Å². The highest BCUT2D eigenvalue weighted by Crippen LogP contribution is 2.85. The van der Waals surface area contributed by atoms with Crippen molar-refractivity contribution in [2.45, 2.75) is 125 Å². The molecule has 0 bridgehead atoms. The Morgan fingerprint density at radius 3 is 2.50 bits per heavy atom. The van der Waals surface area contributed by atoms with Gasteiger partial charge in [0.15, 0.2) is 0 Å². The number of unbranched alkanes of at least 4 members (excludes halogenated alkanes) is 1. The van der Waals surface area contributed by atoms with Gasteiger partial charge >= 0.3 is 5.97 Å². The van der Waals surface area contributed by atoms with Crippen molar-refractivity contribution in [3.8, 4) is 0 Å². The van der Waals surface area contributed by atoms with Gasteiger partial charge in [-0.3, -0.25) is 4.79 Å². The van der Waals surface area contributed by atoms with Gasteiger partial charge in [-0.2, -0.15) is 0 Å². The molecule has 0 heterocycles. The summed E-state index contributed by atoms with van der Waals surface area (Å²) in [4.78, 5) is 23.1. The first kappa shape index (κ1) is 24.3. The summed E-state index contributed by atoms with van der Waals surface area (Å²) in [6.07, 6.45) is 16.2. The molecular formula is C29H48O3. The van der Waals surface area contributed by atoms with E-state index >= 15 is 0 Å². The second-order valence-corrected chi connectivity index (χ2v) is 13.3. The zero-order chi connectivity index (χ0) is 23.4. The van der Waals surface area contributed by atoms with Crippen LogP contribution < -0.4 is 0 Å². The van der Waals surface area contributed by atoms with Crippen LogP contribution in [-0.2, 0) is 14.3 Å². The van der Waals surface area contributed by atoms with Gasteiger partial charge in [-0.05, 0) is 97.7 Å². The molecule has 4 aliphatic carbocycles. The highest BCUT2D eigenvalue weighted by Gasteiger charge is 2.78. The Bertz CT molecular complexity index is 728. The fourth-order valence-electron chi connectivity index (χ4n) is 9.86. The molecule has 4 rings (SSSR count). The molecule has 0 N–H and O–H groups in total. The largest absolute Gasteiger partial charge is 0.462 e. The second-order valence-electron chi connectivity index (χ2n) is 13.3. The van der Waals surface area contributed by atoms with E-state index in [0.717, 1.165) is 25.0 Å². The molecule has 0 radical (unpaired) electrons. The molecule has 4 fully saturated rings. The number of aldehydes is 1. The quantitative estimate of drug-likeness (QED) is 0.290. The van der Waals surface area contributed by atoms with Crippen molar-refractivity contribution in [1.29, 1.82) is 0 Å².